The second kappa shape index (κ2) is 8.91. The monoisotopic (exact) mass is 267 g/mol. The van der Waals surface area contributed by atoms with Crippen molar-refractivity contribution in [1.82, 2.24) is 4.90 Å². The molecule has 0 amide bonds. The molecule has 0 aliphatic rings. The summed E-state index contributed by atoms with van der Waals surface area (Å²) in [4.78, 5) is 2.30. The first-order valence-corrected chi connectivity index (χ1v) is 6.81. The molecule has 1 N–H and O–H groups in total. The molecule has 0 radical (unpaired) electrons. The van der Waals surface area contributed by atoms with Crippen LogP contribution in [0.1, 0.15) is 25.0 Å². The zero-order valence-corrected chi connectivity index (χ0v) is 12.2. The van der Waals surface area contributed by atoms with Crippen molar-refractivity contribution in [3.05, 3.63) is 29.3 Å². The molecule has 0 aromatic heterocycles. The van der Waals surface area contributed by atoms with Crippen LogP contribution in [0.25, 0.3) is 0 Å². The topological polar surface area (TPSA) is 41.9 Å². The van der Waals surface area contributed by atoms with Crippen LogP contribution in [0.2, 0.25) is 0 Å². The number of aliphatic hydroxyl groups is 1. The Morgan fingerprint density at radius 2 is 2.05 bits per heavy atom. The maximum atomic E-state index is 9.22. The first-order chi connectivity index (χ1) is 9.24. The lowest BCUT2D eigenvalue weighted by atomic mass is 10.1. The van der Waals surface area contributed by atoms with Gasteiger partial charge in [0, 0.05) is 25.3 Å². The molecule has 0 unspecified atom stereocenters. The van der Waals surface area contributed by atoms with Gasteiger partial charge in [0.2, 0.25) is 0 Å². The van der Waals surface area contributed by atoms with E-state index in [0.29, 0.717) is 0 Å². The van der Waals surface area contributed by atoms with Gasteiger partial charge < -0.3 is 14.6 Å². The van der Waals surface area contributed by atoms with Crippen LogP contribution in [-0.4, -0.2) is 43.4 Å². The van der Waals surface area contributed by atoms with Gasteiger partial charge in [0.25, 0.3) is 0 Å². The first-order valence-electron chi connectivity index (χ1n) is 6.81. The van der Waals surface area contributed by atoms with Gasteiger partial charge in [-0.15, -0.1) is 0 Å². The molecule has 0 aliphatic heterocycles. The van der Waals surface area contributed by atoms with Crippen LogP contribution in [0.5, 0.6) is 5.75 Å². The average Bonchev–Trinajstić information content (AvgIpc) is 2.46. The lowest BCUT2D eigenvalue weighted by molar-refractivity contribution is 0.112. The van der Waals surface area contributed by atoms with Crippen LogP contribution in [0, 0.1) is 0 Å². The molecule has 19 heavy (non-hydrogen) atoms. The molecule has 1 aromatic rings. The number of ether oxygens (including phenoxy) is 2. The van der Waals surface area contributed by atoms with Gasteiger partial charge in [-0.2, -0.15) is 0 Å². The van der Waals surface area contributed by atoms with E-state index in [9.17, 15) is 5.11 Å². The normalized spacial score (nSPS) is 11.0. The molecule has 0 fully saturated rings. The van der Waals surface area contributed by atoms with Crippen molar-refractivity contribution >= 4 is 0 Å². The molecule has 1 rings (SSSR count). The van der Waals surface area contributed by atoms with Crippen molar-refractivity contribution in [2.75, 3.05) is 33.4 Å². The Kier molecular flexibility index (Phi) is 7.48. The van der Waals surface area contributed by atoms with Crippen molar-refractivity contribution in [1.29, 1.82) is 0 Å². The summed E-state index contributed by atoms with van der Waals surface area (Å²) in [7, 11) is 1.67. The van der Waals surface area contributed by atoms with Gasteiger partial charge in [0.05, 0.1) is 20.3 Å². The highest BCUT2D eigenvalue weighted by atomic mass is 16.5. The molecule has 0 atom stereocenters. The number of benzene rings is 1. The van der Waals surface area contributed by atoms with E-state index >= 15 is 0 Å². The number of hydrogen-bond acceptors (Lipinski definition) is 4. The van der Waals surface area contributed by atoms with Crippen LogP contribution in [0.3, 0.4) is 0 Å². The predicted octanol–water partition coefficient (Wildman–Crippen LogP) is 2.05. The van der Waals surface area contributed by atoms with Crippen LogP contribution in [0.15, 0.2) is 18.2 Å². The van der Waals surface area contributed by atoms with Crippen molar-refractivity contribution in [2.24, 2.45) is 0 Å². The molecular weight excluding hydrogens is 242 g/mol. The number of methoxy groups -OCH3 is 1. The van der Waals surface area contributed by atoms with Crippen LogP contribution >= 0.6 is 0 Å². The zero-order chi connectivity index (χ0) is 14.1. The van der Waals surface area contributed by atoms with E-state index in [1.165, 1.54) is 0 Å². The second-order valence-electron chi connectivity index (χ2n) is 4.37. The lowest BCUT2D eigenvalue weighted by Gasteiger charge is -2.22. The summed E-state index contributed by atoms with van der Waals surface area (Å²) < 4.78 is 10.8. The highest BCUT2D eigenvalue weighted by Gasteiger charge is 2.09. The minimum absolute atomic E-state index is 0.0576. The van der Waals surface area contributed by atoms with Gasteiger partial charge in [-0.1, -0.05) is 13.0 Å². The summed E-state index contributed by atoms with van der Waals surface area (Å²) in [5.74, 6) is 0.868. The Labute approximate surface area is 115 Å². The average molecular weight is 267 g/mol. The molecule has 0 heterocycles. The molecule has 0 bridgehead atoms. The SMILES string of the molecule is CCOCCN(CC)Cc1cc(CO)ccc1OC. The summed E-state index contributed by atoms with van der Waals surface area (Å²) >= 11 is 0. The summed E-state index contributed by atoms with van der Waals surface area (Å²) in [5.41, 5.74) is 2.02. The molecule has 4 heteroatoms. The van der Waals surface area contributed by atoms with Gasteiger partial charge in [0.15, 0.2) is 0 Å². The number of nitrogens with zero attached hydrogens (tertiary/aromatic N) is 1. The van der Waals surface area contributed by atoms with Gasteiger partial charge in [-0.25, -0.2) is 0 Å². The molecule has 4 nitrogen and oxygen atoms in total. The Balaban J connectivity index is 2.71. The third-order valence-corrected chi connectivity index (χ3v) is 3.12. The minimum atomic E-state index is 0.0576. The van der Waals surface area contributed by atoms with Gasteiger partial charge in [0.1, 0.15) is 5.75 Å². The lowest BCUT2D eigenvalue weighted by Crippen LogP contribution is -2.27. The van der Waals surface area contributed by atoms with Crippen molar-refractivity contribution in [3.8, 4) is 5.75 Å². The van der Waals surface area contributed by atoms with Crippen molar-refractivity contribution < 1.29 is 14.6 Å². The number of aliphatic hydroxyl groups excluding tert-OH is 1. The van der Waals surface area contributed by atoms with E-state index in [1.807, 2.05) is 25.1 Å². The van der Waals surface area contributed by atoms with Gasteiger partial charge in [-0.05, 0) is 31.2 Å². The highest BCUT2D eigenvalue weighted by molar-refractivity contribution is 5.37. The minimum Gasteiger partial charge on any atom is -0.496 e. The largest absolute Gasteiger partial charge is 0.496 e. The van der Waals surface area contributed by atoms with E-state index in [4.69, 9.17) is 9.47 Å². The molecule has 0 saturated carbocycles. The predicted molar refractivity (Wildman–Crippen MR) is 76.4 cm³/mol. The Hall–Kier alpha value is -1.10. The second-order valence-corrected chi connectivity index (χ2v) is 4.37. The number of hydrogen-bond donors (Lipinski definition) is 1. The molecule has 1 aromatic carbocycles. The van der Waals surface area contributed by atoms with Crippen molar-refractivity contribution in [3.63, 3.8) is 0 Å². The smallest absolute Gasteiger partial charge is 0.123 e. The third kappa shape index (κ3) is 5.19. The Morgan fingerprint density at radius 3 is 2.63 bits per heavy atom. The fraction of sp³-hybridized carbons (Fsp3) is 0.600. The van der Waals surface area contributed by atoms with Crippen molar-refractivity contribution in [2.45, 2.75) is 27.0 Å². The quantitative estimate of drug-likeness (QED) is 0.695. The van der Waals surface area contributed by atoms with Crippen LogP contribution in [-0.2, 0) is 17.9 Å². The fourth-order valence-corrected chi connectivity index (χ4v) is 1.98. The van der Waals surface area contributed by atoms with Gasteiger partial charge in [-0.3, -0.25) is 4.90 Å². The number of likely N-dealkylation sites (N-methyl/N-ethyl adjacent to an activating group) is 1. The van der Waals surface area contributed by atoms with E-state index in [-0.39, 0.29) is 6.61 Å². The third-order valence-electron chi connectivity index (χ3n) is 3.12. The van der Waals surface area contributed by atoms with E-state index in [0.717, 1.165) is 49.7 Å². The molecule has 0 aliphatic carbocycles. The van der Waals surface area contributed by atoms with E-state index in [2.05, 4.69) is 11.8 Å². The highest BCUT2D eigenvalue weighted by Crippen LogP contribution is 2.21. The van der Waals surface area contributed by atoms with E-state index in [1.54, 1.807) is 7.11 Å². The molecule has 108 valence electrons. The summed E-state index contributed by atoms with van der Waals surface area (Å²) in [6.07, 6.45) is 0. The van der Waals surface area contributed by atoms with Crippen LogP contribution < -0.4 is 4.74 Å². The molecular formula is C15H25NO3. The summed E-state index contributed by atoms with van der Waals surface area (Å²) in [6.45, 7) is 8.35. The van der Waals surface area contributed by atoms with E-state index < -0.39 is 0 Å². The zero-order valence-electron chi connectivity index (χ0n) is 12.2. The van der Waals surface area contributed by atoms with Gasteiger partial charge >= 0.3 is 0 Å². The maximum Gasteiger partial charge on any atom is 0.123 e. The molecule has 0 spiro atoms. The maximum absolute atomic E-state index is 9.22. The van der Waals surface area contributed by atoms with Crippen LogP contribution in [0.4, 0.5) is 0 Å². The standard InChI is InChI=1S/C15H25NO3/c1-4-16(8-9-19-5-2)11-14-10-13(12-17)6-7-15(14)18-3/h6-7,10,17H,4-5,8-9,11-12H2,1-3H3. The Bertz CT molecular complexity index is 368. The molecule has 0 saturated heterocycles. The fourth-order valence-electron chi connectivity index (χ4n) is 1.98. The number of rotatable bonds is 9. The Morgan fingerprint density at radius 1 is 1.26 bits per heavy atom. The summed E-state index contributed by atoms with van der Waals surface area (Å²) in [5, 5.41) is 9.22. The first kappa shape index (κ1) is 16.0. The summed E-state index contributed by atoms with van der Waals surface area (Å²) in [6, 6.07) is 5.80.